The predicted octanol–water partition coefficient (Wildman–Crippen LogP) is 3.71. The molecule has 0 saturated carbocycles. The molecule has 1 amide bonds. The van der Waals surface area contributed by atoms with E-state index in [1.54, 1.807) is 24.3 Å². The van der Waals surface area contributed by atoms with E-state index in [2.05, 4.69) is 5.32 Å². The fourth-order valence-electron chi connectivity index (χ4n) is 1.60. The zero-order valence-electron chi connectivity index (χ0n) is 10.4. The Labute approximate surface area is 120 Å². The SMILES string of the molecule is Nc1cccc(/C=C/C(=O)Nc2ccc(F)cc2Cl)c1. The van der Waals surface area contributed by atoms with Crippen LogP contribution in [0.1, 0.15) is 5.56 Å². The molecule has 0 aliphatic rings. The van der Waals surface area contributed by atoms with Crippen molar-refractivity contribution in [3.8, 4) is 0 Å². The van der Waals surface area contributed by atoms with Crippen LogP contribution in [0.3, 0.4) is 0 Å². The smallest absolute Gasteiger partial charge is 0.248 e. The Balaban J connectivity index is 2.05. The van der Waals surface area contributed by atoms with Gasteiger partial charge in [0.05, 0.1) is 10.7 Å². The van der Waals surface area contributed by atoms with E-state index in [9.17, 15) is 9.18 Å². The van der Waals surface area contributed by atoms with Gasteiger partial charge in [0.15, 0.2) is 0 Å². The number of nitrogen functional groups attached to an aromatic ring is 1. The van der Waals surface area contributed by atoms with Crippen LogP contribution in [0.15, 0.2) is 48.5 Å². The Kier molecular flexibility index (Phi) is 4.38. The minimum Gasteiger partial charge on any atom is -0.399 e. The summed E-state index contributed by atoms with van der Waals surface area (Å²) in [5.41, 5.74) is 7.42. The lowest BCUT2D eigenvalue weighted by atomic mass is 10.2. The molecule has 0 unspecified atom stereocenters. The molecule has 0 fully saturated rings. The Morgan fingerprint density at radius 2 is 2.05 bits per heavy atom. The highest BCUT2D eigenvalue weighted by molar-refractivity contribution is 6.33. The molecule has 3 nitrogen and oxygen atoms in total. The zero-order chi connectivity index (χ0) is 14.5. The quantitative estimate of drug-likeness (QED) is 0.669. The van der Waals surface area contributed by atoms with Crippen molar-refractivity contribution >= 4 is 35.0 Å². The molecule has 0 aliphatic carbocycles. The van der Waals surface area contributed by atoms with Crippen LogP contribution in [0.2, 0.25) is 5.02 Å². The van der Waals surface area contributed by atoms with Gasteiger partial charge in [0.1, 0.15) is 5.82 Å². The molecule has 0 heterocycles. The minimum absolute atomic E-state index is 0.149. The summed E-state index contributed by atoms with van der Waals surface area (Å²) in [7, 11) is 0. The molecule has 5 heteroatoms. The zero-order valence-corrected chi connectivity index (χ0v) is 11.2. The highest BCUT2D eigenvalue weighted by atomic mass is 35.5. The number of hydrogen-bond acceptors (Lipinski definition) is 2. The van der Waals surface area contributed by atoms with Gasteiger partial charge in [0.2, 0.25) is 5.91 Å². The van der Waals surface area contributed by atoms with Crippen molar-refractivity contribution in [2.75, 3.05) is 11.1 Å². The fraction of sp³-hybridized carbons (Fsp3) is 0. The molecule has 0 spiro atoms. The van der Waals surface area contributed by atoms with Crippen LogP contribution >= 0.6 is 11.6 Å². The minimum atomic E-state index is -0.455. The van der Waals surface area contributed by atoms with Gasteiger partial charge >= 0.3 is 0 Å². The molecule has 2 aromatic rings. The first-order valence-electron chi connectivity index (χ1n) is 5.84. The third-order valence-corrected chi connectivity index (χ3v) is 2.84. The van der Waals surface area contributed by atoms with Crippen LogP contribution in [0.4, 0.5) is 15.8 Å². The lowest BCUT2D eigenvalue weighted by Gasteiger charge is -2.04. The second kappa shape index (κ2) is 6.21. The molecular formula is C15H12ClFN2O. The summed E-state index contributed by atoms with van der Waals surface area (Å²) >= 11 is 5.82. The molecule has 0 aliphatic heterocycles. The van der Waals surface area contributed by atoms with Gasteiger partial charge in [-0.05, 0) is 42.0 Å². The Morgan fingerprint density at radius 1 is 1.25 bits per heavy atom. The van der Waals surface area contributed by atoms with Crippen LogP contribution in [0.5, 0.6) is 0 Å². The number of benzene rings is 2. The number of rotatable bonds is 3. The van der Waals surface area contributed by atoms with E-state index in [-0.39, 0.29) is 10.9 Å². The molecule has 102 valence electrons. The van der Waals surface area contributed by atoms with E-state index < -0.39 is 5.82 Å². The third kappa shape index (κ3) is 3.83. The highest BCUT2D eigenvalue weighted by Crippen LogP contribution is 2.22. The van der Waals surface area contributed by atoms with Gasteiger partial charge in [-0.3, -0.25) is 4.79 Å². The summed E-state index contributed by atoms with van der Waals surface area (Å²) in [5.74, 6) is -0.816. The summed E-state index contributed by atoms with van der Waals surface area (Å²) < 4.78 is 12.9. The number of nitrogens with one attached hydrogen (secondary N) is 1. The van der Waals surface area contributed by atoms with E-state index in [0.717, 1.165) is 11.6 Å². The van der Waals surface area contributed by atoms with Crippen molar-refractivity contribution in [3.63, 3.8) is 0 Å². The second-order valence-corrected chi connectivity index (χ2v) is 4.52. The molecule has 2 aromatic carbocycles. The van der Waals surface area contributed by atoms with Gasteiger partial charge in [0.25, 0.3) is 0 Å². The van der Waals surface area contributed by atoms with Crippen LogP contribution in [-0.4, -0.2) is 5.91 Å². The van der Waals surface area contributed by atoms with Crippen LogP contribution in [-0.2, 0) is 4.79 Å². The van der Waals surface area contributed by atoms with Crippen molar-refractivity contribution in [2.24, 2.45) is 0 Å². The topological polar surface area (TPSA) is 55.1 Å². The number of halogens is 2. The number of amides is 1. The number of carbonyl (C=O) groups excluding carboxylic acids is 1. The van der Waals surface area contributed by atoms with Crippen molar-refractivity contribution in [1.29, 1.82) is 0 Å². The molecule has 0 radical (unpaired) electrons. The Morgan fingerprint density at radius 3 is 2.75 bits per heavy atom. The molecule has 0 aromatic heterocycles. The normalized spacial score (nSPS) is 10.7. The van der Waals surface area contributed by atoms with Gasteiger partial charge in [-0.2, -0.15) is 0 Å². The van der Waals surface area contributed by atoms with Crippen molar-refractivity contribution in [2.45, 2.75) is 0 Å². The first-order chi connectivity index (χ1) is 9.54. The lowest BCUT2D eigenvalue weighted by Crippen LogP contribution is -2.08. The molecular weight excluding hydrogens is 279 g/mol. The lowest BCUT2D eigenvalue weighted by molar-refractivity contribution is -0.111. The summed E-state index contributed by atoms with van der Waals surface area (Å²) in [6.45, 7) is 0. The average Bonchev–Trinajstić information content (AvgIpc) is 2.40. The van der Waals surface area contributed by atoms with Crippen LogP contribution < -0.4 is 11.1 Å². The van der Waals surface area contributed by atoms with Crippen LogP contribution in [0, 0.1) is 5.82 Å². The predicted molar refractivity (Wildman–Crippen MR) is 79.9 cm³/mol. The Bertz CT molecular complexity index is 671. The van der Waals surface area contributed by atoms with Crippen molar-refractivity contribution < 1.29 is 9.18 Å². The number of anilines is 2. The monoisotopic (exact) mass is 290 g/mol. The first kappa shape index (κ1) is 14.1. The van der Waals surface area contributed by atoms with E-state index in [1.807, 2.05) is 6.07 Å². The standard InChI is InChI=1S/C15H12ClFN2O/c16-13-9-11(17)5-6-14(13)19-15(20)7-4-10-2-1-3-12(18)8-10/h1-9H,18H2,(H,19,20)/b7-4+. The van der Waals surface area contributed by atoms with Crippen molar-refractivity contribution in [1.82, 2.24) is 0 Å². The van der Waals surface area contributed by atoms with Gasteiger partial charge in [0, 0.05) is 11.8 Å². The number of hydrogen-bond donors (Lipinski definition) is 2. The first-order valence-corrected chi connectivity index (χ1v) is 6.22. The maximum atomic E-state index is 12.9. The third-order valence-electron chi connectivity index (χ3n) is 2.53. The summed E-state index contributed by atoms with van der Waals surface area (Å²) in [6, 6.07) is 10.9. The molecule has 3 N–H and O–H groups in total. The largest absolute Gasteiger partial charge is 0.399 e. The molecule has 0 bridgehead atoms. The number of nitrogens with two attached hydrogens (primary N) is 1. The van der Waals surface area contributed by atoms with Crippen LogP contribution in [0.25, 0.3) is 6.08 Å². The molecule has 0 atom stereocenters. The summed E-state index contributed by atoms with van der Waals surface area (Å²) in [6.07, 6.45) is 2.98. The highest BCUT2D eigenvalue weighted by Gasteiger charge is 2.04. The molecule has 0 saturated heterocycles. The fourth-order valence-corrected chi connectivity index (χ4v) is 1.81. The second-order valence-electron chi connectivity index (χ2n) is 4.12. The summed E-state index contributed by atoms with van der Waals surface area (Å²) in [4.78, 5) is 11.7. The van der Waals surface area contributed by atoms with E-state index in [0.29, 0.717) is 11.4 Å². The maximum absolute atomic E-state index is 12.9. The van der Waals surface area contributed by atoms with Gasteiger partial charge in [-0.15, -0.1) is 0 Å². The maximum Gasteiger partial charge on any atom is 0.248 e. The van der Waals surface area contributed by atoms with Gasteiger partial charge in [-0.1, -0.05) is 23.7 Å². The molecule has 20 heavy (non-hydrogen) atoms. The average molecular weight is 291 g/mol. The van der Waals surface area contributed by atoms with Gasteiger partial charge < -0.3 is 11.1 Å². The van der Waals surface area contributed by atoms with Gasteiger partial charge in [-0.25, -0.2) is 4.39 Å². The Hall–Kier alpha value is -2.33. The van der Waals surface area contributed by atoms with Crippen molar-refractivity contribution in [3.05, 3.63) is 64.9 Å². The number of carbonyl (C=O) groups is 1. The van der Waals surface area contributed by atoms with E-state index in [4.69, 9.17) is 17.3 Å². The molecule has 2 rings (SSSR count). The van der Waals surface area contributed by atoms with E-state index in [1.165, 1.54) is 18.2 Å². The summed E-state index contributed by atoms with van der Waals surface area (Å²) in [5, 5.41) is 2.72. The van der Waals surface area contributed by atoms with E-state index >= 15 is 0 Å².